The molecule has 0 aromatic carbocycles. The van der Waals surface area contributed by atoms with Gasteiger partial charge in [-0.25, -0.2) is 9.78 Å². The molecule has 0 radical (unpaired) electrons. The number of fused-ring (bicyclic) bond motifs is 1. The molecule has 1 aliphatic heterocycles. The number of aromatic nitrogens is 1. The SMILES string of the molecule is CCCc1cc(C(=O)O)cc(N2CCOC3CCCC32)n1. The van der Waals surface area contributed by atoms with Crippen LogP contribution in [0.3, 0.4) is 0 Å². The molecule has 2 heterocycles. The Morgan fingerprint density at radius 1 is 1.48 bits per heavy atom. The summed E-state index contributed by atoms with van der Waals surface area (Å²) >= 11 is 0. The molecule has 1 aromatic rings. The van der Waals surface area contributed by atoms with Crippen LogP contribution in [-0.4, -0.2) is 41.4 Å². The van der Waals surface area contributed by atoms with Gasteiger partial charge < -0.3 is 14.7 Å². The van der Waals surface area contributed by atoms with E-state index in [4.69, 9.17) is 9.72 Å². The number of anilines is 1. The summed E-state index contributed by atoms with van der Waals surface area (Å²) in [7, 11) is 0. The van der Waals surface area contributed by atoms with Gasteiger partial charge in [0.05, 0.1) is 24.3 Å². The van der Waals surface area contributed by atoms with Gasteiger partial charge in [-0.3, -0.25) is 0 Å². The quantitative estimate of drug-likeness (QED) is 0.923. The van der Waals surface area contributed by atoms with Crippen LogP contribution in [0.4, 0.5) is 5.82 Å². The van der Waals surface area contributed by atoms with Crippen molar-refractivity contribution in [1.29, 1.82) is 0 Å². The molecule has 0 amide bonds. The first-order valence-electron chi connectivity index (χ1n) is 7.81. The minimum atomic E-state index is -0.882. The highest BCUT2D eigenvalue weighted by molar-refractivity contribution is 5.88. The molecule has 3 rings (SSSR count). The Kier molecular flexibility index (Phi) is 4.10. The summed E-state index contributed by atoms with van der Waals surface area (Å²) < 4.78 is 5.82. The minimum absolute atomic E-state index is 0.281. The van der Waals surface area contributed by atoms with Gasteiger partial charge in [0.15, 0.2) is 0 Å². The molecule has 2 unspecified atom stereocenters. The number of pyridine rings is 1. The number of morpholine rings is 1. The Balaban J connectivity index is 1.94. The second-order valence-corrected chi connectivity index (χ2v) is 5.86. The van der Waals surface area contributed by atoms with Gasteiger partial charge in [0.1, 0.15) is 5.82 Å². The van der Waals surface area contributed by atoms with Crippen molar-refractivity contribution in [2.45, 2.75) is 51.2 Å². The van der Waals surface area contributed by atoms with Gasteiger partial charge in [-0.1, -0.05) is 13.3 Å². The molecule has 2 atom stereocenters. The zero-order chi connectivity index (χ0) is 14.8. The second kappa shape index (κ2) is 6.02. The van der Waals surface area contributed by atoms with Crippen LogP contribution in [0.1, 0.15) is 48.7 Å². The lowest BCUT2D eigenvalue weighted by molar-refractivity contribution is 0.0253. The van der Waals surface area contributed by atoms with Crippen LogP contribution in [-0.2, 0) is 11.2 Å². The highest BCUT2D eigenvalue weighted by atomic mass is 16.5. The third-order valence-electron chi connectivity index (χ3n) is 4.39. The zero-order valence-electron chi connectivity index (χ0n) is 12.4. The number of carbonyl (C=O) groups is 1. The lowest BCUT2D eigenvalue weighted by atomic mass is 10.1. The van der Waals surface area contributed by atoms with E-state index in [1.54, 1.807) is 12.1 Å². The van der Waals surface area contributed by atoms with Crippen LogP contribution in [0.2, 0.25) is 0 Å². The van der Waals surface area contributed by atoms with Crippen LogP contribution in [0, 0.1) is 0 Å². The number of aryl methyl sites for hydroxylation is 1. The first-order chi connectivity index (χ1) is 10.2. The van der Waals surface area contributed by atoms with Gasteiger partial charge in [-0.2, -0.15) is 0 Å². The number of nitrogens with zero attached hydrogens (tertiary/aromatic N) is 2. The molecule has 1 aliphatic carbocycles. The molecule has 1 saturated carbocycles. The fraction of sp³-hybridized carbons (Fsp3) is 0.625. The average molecular weight is 290 g/mol. The summed E-state index contributed by atoms with van der Waals surface area (Å²) in [6.45, 7) is 3.57. The molecule has 1 N–H and O–H groups in total. The van der Waals surface area contributed by atoms with Crippen LogP contribution in [0.5, 0.6) is 0 Å². The molecule has 2 fully saturated rings. The summed E-state index contributed by atoms with van der Waals surface area (Å²) in [5.74, 6) is -0.0780. The highest BCUT2D eigenvalue weighted by Crippen LogP contribution is 2.32. The predicted octanol–water partition coefficient (Wildman–Crippen LogP) is 2.49. The van der Waals surface area contributed by atoms with Crippen molar-refractivity contribution in [1.82, 2.24) is 4.98 Å². The lowest BCUT2D eigenvalue weighted by Gasteiger charge is -2.38. The first kappa shape index (κ1) is 14.3. The number of carboxylic acids is 1. The molecule has 1 saturated heterocycles. The van der Waals surface area contributed by atoms with Crippen molar-refractivity contribution in [3.05, 3.63) is 23.4 Å². The normalized spacial score (nSPS) is 24.9. The van der Waals surface area contributed by atoms with Crippen LogP contribution in [0.15, 0.2) is 12.1 Å². The minimum Gasteiger partial charge on any atom is -0.478 e. The number of aromatic carboxylic acids is 1. The maximum absolute atomic E-state index is 11.3. The van der Waals surface area contributed by atoms with Crippen molar-refractivity contribution < 1.29 is 14.6 Å². The van der Waals surface area contributed by atoms with E-state index in [9.17, 15) is 9.90 Å². The van der Waals surface area contributed by atoms with Gasteiger partial charge in [0.25, 0.3) is 0 Å². The van der Waals surface area contributed by atoms with Gasteiger partial charge in [0.2, 0.25) is 0 Å². The average Bonchev–Trinajstić information content (AvgIpc) is 2.95. The van der Waals surface area contributed by atoms with E-state index in [1.807, 2.05) is 0 Å². The van der Waals surface area contributed by atoms with Crippen molar-refractivity contribution in [2.75, 3.05) is 18.1 Å². The van der Waals surface area contributed by atoms with E-state index in [2.05, 4.69) is 11.8 Å². The van der Waals surface area contributed by atoms with Crippen LogP contribution in [0.25, 0.3) is 0 Å². The number of hydrogen-bond donors (Lipinski definition) is 1. The van der Waals surface area contributed by atoms with Crippen molar-refractivity contribution in [3.63, 3.8) is 0 Å². The molecule has 0 spiro atoms. The molecule has 5 heteroatoms. The number of hydrogen-bond acceptors (Lipinski definition) is 4. The summed E-state index contributed by atoms with van der Waals surface area (Å²) in [4.78, 5) is 18.3. The third-order valence-corrected chi connectivity index (χ3v) is 4.39. The third kappa shape index (κ3) is 2.88. The molecule has 21 heavy (non-hydrogen) atoms. The van der Waals surface area contributed by atoms with E-state index in [-0.39, 0.29) is 6.10 Å². The van der Waals surface area contributed by atoms with E-state index >= 15 is 0 Å². The maximum Gasteiger partial charge on any atom is 0.335 e. The zero-order valence-corrected chi connectivity index (χ0v) is 12.4. The number of rotatable bonds is 4. The van der Waals surface area contributed by atoms with Gasteiger partial charge in [-0.15, -0.1) is 0 Å². The number of carboxylic acid groups (broad SMARTS) is 1. The van der Waals surface area contributed by atoms with E-state index in [0.717, 1.165) is 43.7 Å². The smallest absolute Gasteiger partial charge is 0.335 e. The Bertz CT molecular complexity index is 532. The highest BCUT2D eigenvalue weighted by Gasteiger charge is 2.36. The lowest BCUT2D eigenvalue weighted by Crippen LogP contribution is -2.49. The van der Waals surface area contributed by atoms with Crippen molar-refractivity contribution in [2.24, 2.45) is 0 Å². The monoisotopic (exact) mass is 290 g/mol. The van der Waals surface area contributed by atoms with E-state index < -0.39 is 5.97 Å². The largest absolute Gasteiger partial charge is 0.478 e. The topological polar surface area (TPSA) is 62.7 Å². The molecular formula is C16H22N2O3. The molecule has 1 aromatic heterocycles. The standard InChI is InChI=1S/C16H22N2O3/c1-2-4-12-9-11(16(19)20)10-15(17-12)18-7-8-21-14-6-3-5-13(14)18/h9-10,13-14H,2-8H2,1H3,(H,19,20). The summed E-state index contributed by atoms with van der Waals surface area (Å²) in [6.07, 6.45) is 5.43. The van der Waals surface area contributed by atoms with Crippen LogP contribution < -0.4 is 4.90 Å². The van der Waals surface area contributed by atoms with Gasteiger partial charge in [0, 0.05) is 12.2 Å². The molecule has 114 valence electrons. The number of ether oxygens (including phenoxy) is 1. The molecule has 0 bridgehead atoms. The molecular weight excluding hydrogens is 268 g/mol. The van der Waals surface area contributed by atoms with E-state index in [1.165, 1.54) is 6.42 Å². The second-order valence-electron chi connectivity index (χ2n) is 5.86. The van der Waals surface area contributed by atoms with Crippen LogP contribution >= 0.6 is 0 Å². The Labute approximate surface area is 124 Å². The van der Waals surface area contributed by atoms with E-state index in [0.29, 0.717) is 18.2 Å². The van der Waals surface area contributed by atoms with Gasteiger partial charge in [-0.05, 0) is 37.8 Å². The molecule has 5 nitrogen and oxygen atoms in total. The summed E-state index contributed by atoms with van der Waals surface area (Å²) in [5, 5.41) is 9.32. The van der Waals surface area contributed by atoms with Crippen molar-refractivity contribution >= 4 is 11.8 Å². The Morgan fingerprint density at radius 2 is 2.33 bits per heavy atom. The van der Waals surface area contributed by atoms with Crippen molar-refractivity contribution in [3.8, 4) is 0 Å². The fourth-order valence-corrected chi connectivity index (χ4v) is 3.44. The summed E-state index contributed by atoms with van der Waals surface area (Å²) in [5.41, 5.74) is 1.21. The first-order valence-corrected chi connectivity index (χ1v) is 7.81. The molecule has 2 aliphatic rings. The predicted molar refractivity (Wildman–Crippen MR) is 79.9 cm³/mol. The maximum atomic E-state index is 11.3. The Morgan fingerprint density at radius 3 is 3.10 bits per heavy atom. The fourth-order valence-electron chi connectivity index (χ4n) is 3.44. The van der Waals surface area contributed by atoms with Gasteiger partial charge >= 0.3 is 5.97 Å². The summed E-state index contributed by atoms with van der Waals surface area (Å²) in [6, 6.07) is 3.76. The Hall–Kier alpha value is -1.62.